The number of alkyl halides is 3. The number of ether oxygens (including phenoxy) is 5. The van der Waals surface area contributed by atoms with Crippen molar-refractivity contribution in [2.75, 3.05) is 13.2 Å². The summed E-state index contributed by atoms with van der Waals surface area (Å²) in [5.41, 5.74) is 0. The zero-order valence-corrected chi connectivity index (χ0v) is 27.4. The van der Waals surface area contributed by atoms with E-state index in [0.717, 1.165) is 51.4 Å². The number of carboxylic acid groups (broad SMARTS) is 1. The summed E-state index contributed by atoms with van der Waals surface area (Å²) < 4.78 is 68.7. The molecule has 0 bridgehead atoms. The second-order valence-corrected chi connectivity index (χ2v) is 13.0. The summed E-state index contributed by atoms with van der Waals surface area (Å²) in [5, 5.41) is 64.0. The van der Waals surface area contributed by atoms with E-state index in [1.807, 2.05) is 6.92 Å². The predicted octanol–water partition coefficient (Wildman–Crippen LogP) is 1.12. The van der Waals surface area contributed by atoms with Gasteiger partial charge in [-0.1, -0.05) is 64.7 Å². The maximum absolute atomic E-state index is 13.5. The van der Waals surface area contributed by atoms with E-state index >= 15 is 0 Å². The van der Waals surface area contributed by atoms with E-state index in [4.69, 9.17) is 23.7 Å². The summed E-state index contributed by atoms with van der Waals surface area (Å²) in [4.78, 5) is 24.6. The van der Waals surface area contributed by atoms with Gasteiger partial charge in [0.05, 0.1) is 19.3 Å². The van der Waals surface area contributed by atoms with Crippen molar-refractivity contribution in [1.29, 1.82) is 0 Å². The molecule has 0 radical (unpaired) electrons. The van der Waals surface area contributed by atoms with Crippen molar-refractivity contribution in [3.63, 3.8) is 0 Å². The molecule has 1 aliphatic carbocycles. The highest BCUT2D eigenvalue weighted by Gasteiger charge is 2.56. The molecule has 48 heavy (non-hydrogen) atoms. The second-order valence-electron chi connectivity index (χ2n) is 13.0. The average molecular weight is 704 g/mol. The third-order valence-corrected chi connectivity index (χ3v) is 9.14. The molecule has 7 N–H and O–H groups in total. The number of aliphatic carboxylic acids is 1. The Morgan fingerprint density at radius 1 is 0.917 bits per heavy atom. The number of amides is 1. The lowest BCUT2D eigenvalue weighted by Crippen LogP contribution is -2.66. The number of aliphatic hydroxyl groups excluding tert-OH is 5. The van der Waals surface area contributed by atoms with Gasteiger partial charge in [0.15, 0.2) is 24.8 Å². The van der Waals surface area contributed by atoms with Gasteiger partial charge in [0.1, 0.15) is 42.7 Å². The van der Waals surface area contributed by atoms with Crippen LogP contribution < -0.4 is 5.32 Å². The van der Waals surface area contributed by atoms with Crippen LogP contribution in [0.1, 0.15) is 84.5 Å². The van der Waals surface area contributed by atoms with Crippen molar-refractivity contribution >= 4 is 11.9 Å². The number of rotatable bonds is 17. The molecule has 2 saturated heterocycles. The molecule has 3 rings (SSSR count). The number of halogens is 3. The Hall–Kier alpha value is -1.67. The SMILES string of the molecule is CCCCCC[C@H](COC1O[C@@H](C(F)(F)F)C(O)[C@H](O)[C@@H]1O)O[C@@H]1O[C@@H](CO)[C@H](O)C(O[C@@H](CC2CCCCC2)C(=O)O)C1NC(C)=O. The van der Waals surface area contributed by atoms with Gasteiger partial charge in [-0.2, -0.15) is 13.2 Å². The van der Waals surface area contributed by atoms with Crippen LogP contribution in [-0.4, -0.2) is 135 Å². The van der Waals surface area contributed by atoms with Crippen molar-refractivity contribution in [3.05, 3.63) is 0 Å². The fourth-order valence-corrected chi connectivity index (χ4v) is 6.50. The van der Waals surface area contributed by atoms with Crippen molar-refractivity contribution in [3.8, 4) is 0 Å². The van der Waals surface area contributed by atoms with Crippen LogP contribution in [0.3, 0.4) is 0 Å². The average Bonchev–Trinajstić information content (AvgIpc) is 3.03. The zero-order valence-electron chi connectivity index (χ0n) is 27.4. The van der Waals surface area contributed by atoms with Crippen LogP contribution in [0.5, 0.6) is 0 Å². The highest BCUT2D eigenvalue weighted by molar-refractivity contribution is 5.73. The molecular formula is C31H52F3NO13. The molecule has 14 nitrogen and oxygen atoms in total. The van der Waals surface area contributed by atoms with Crippen LogP contribution >= 0.6 is 0 Å². The number of aliphatic hydroxyl groups is 5. The number of unbranched alkanes of at least 4 members (excludes halogenated alkanes) is 3. The van der Waals surface area contributed by atoms with E-state index in [0.29, 0.717) is 6.42 Å². The van der Waals surface area contributed by atoms with Crippen molar-refractivity contribution in [2.45, 2.75) is 164 Å². The molecule has 12 atom stereocenters. The van der Waals surface area contributed by atoms with E-state index in [2.05, 4.69) is 5.32 Å². The standard InChI is InChI=1S/C31H52F3NO13/c1-3-4-5-9-12-18(15-44-30-25(41)23(39)24(40)27(48-30)31(32,33)34)45-29-21(35-16(2)37)26(22(38)20(14-36)47-29)46-19(28(42)43)13-17-10-7-6-8-11-17/h17-27,29-30,36,38-41H,3-15H2,1-2H3,(H,35,37)(H,42,43)/t18-,19+,20+,21?,22+,23+,24?,25+,26?,27-,29-,30?/m1/s1. The molecule has 1 saturated carbocycles. The number of hydrogen-bond donors (Lipinski definition) is 7. The second kappa shape index (κ2) is 19.1. The van der Waals surface area contributed by atoms with Gasteiger partial charge in [0.25, 0.3) is 0 Å². The van der Waals surface area contributed by atoms with E-state index in [1.165, 1.54) is 6.92 Å². The molecule has 2 heterocycles. The molecule has 3 fully saturated rings. The smallest absolute Gasteiger partial charge is 0.417 e. The van der Waals surface area contributed by atoms with Crippen LogP contribution in [0.15, 0.2) is 0 Å². The number of carbonyl (C=O) groups is 2. The normalized spacial score (nSPS) is 34.8. The Morgan fingerprint density at radius 2 is 1.60 bits per heavy atom. The summed E-state index contributed by atoms with van der Waals surface area (Å²) in [5.74, 6) is -1.79. The van der Waals surface area contributed by atoms with E-state index in [1.54, 1.807) is 0 Å². The lowest BCUT2D eigenvalue weighted by atomic mass is 9.85. The lowest BCUT2D eigenvalue weighted by Gasteiger charge is -2.46. The number of carboxylic acids is 1. The fraction of sp³-hybridized carbons (Fsp3) is 0.935. The Labute approximate surface area is 277 Å². The molecule has 4 unspecified atom stereocenters. The first kappa shape index (κ1) is 40.8. The van der Waals surface area contributed by atoms with Gasteiger partial charge < -0.3 is 59.6 Å². The molecule has 0 aromatic heterocycles. The third-order valence-electron chi connectivity index (χ3n) is 9.14. The Morgan fingerprint density at radius 3 is 2.19 bits per heavy atom. The maximum atomic E-state index is 13.5. The molecule has 0 aromatic rings. The number of nitrogens with one attached hydrogen (secondary N) is 1. The van der Waals surface area contributed by atoms with Crippen LogP contribution in [0.25, 0.3) is 0 Å². The molecule has 17 heteroatoms. The highest BCUT2D eigenvalue weighted by Crippen LogP contribution is 2.35. The van der Waals surface area contributed by atoms with Gasteiger partial charge in [-0.05, 0) is 18.8 Å². The van der Waals surface area contributed by atoms with Crippen LogP contribution in [-0.2, 0) is 33.3 Å². The first-order chi connectivity index (χ1) is 22.7. The summed E-state index contributed by atoms with van der Waals surface area (Å²) in [6.45, 7) is 1.93. The van der Waals surface area contributed by atoms with Crippen molar-refractivity contribution < 1.29 is 77.1 Å². The highest BCUT2D eigenvalue weighted by atomic mass is 19.4. The van der Waals surface area contributed by atoms with Crippen LogP contribution in [0, 0.1) is 5.92 Å². The Kier molecular flexibility index (Phi) is 16.2. The molecular weight excluding hydrogens is 651 g/mol. The first-order valence-electron chi connectivity index (χ1n) is 16.8. The number of hydrogen-bond acceptors (Lipinski definition) is 12. The van der Waals surface area contributed by atoms with Gasteiger partial charge >= 0.3 is 12.1 Å². The zero-order chi connectivity index (χ0) is 35.6. The summed E-state index contributed by atoms with van der Waals surface area (Å²) in [6.07, 6.45) is -16.8. The van der Waals surface area contributed by atoms with Gasteiger partial charge in [0, 0.05) is 6.92 Å². The largest absolute Gasteiger partial charge is 0.479 e. The molecule has 3 aliphatic rings. The van der Waals surface area contributed by atoms with Crippen LogP contribution in [0.4, 0.5) is 13.2 Å². The fourth-order valence-electron chi connectivity index (χ4n) is 6.50. The molecule has 0 spiro atoms. The van der Waals surface area contributed by atoms with Gasteiger partial charge in [-0.3, -0.25) is 4.79 Å². The minimum absolute atomic E-state index is 0.0790. The predicted molar refractivity (Wildman–Crippen MR) is 159 cm³/mol. The van der Waals surface area contributed by atoms with Crippen molar-refractivity contribution in [2.24, 2.45) is 5.92 Å². The third kappa shape index (κ3) is 11.4. The number of carbonyl (C=O) groups excluding carboxylic acids is 1. The van der Waals surface area contributed by atoms with Gasteiger partial charge in [-0.25, -0.2) is 4.79 Å². The molecule has 0 aromatic carbocycles. The first-order valence-corrected chi connectivity index (χ1v) is 16.8. The molecule has 1 amide bonds. The quantitative estimate of drug-likeness (QED) is 0.106. The summed E-state index contributed by atoms with van der Waals surface area (Å²) in [7, 11) is 0. The topological polar surface area (TPSA) is 214 Å². The minimum Gasteiger partial charge on any atom is -0.479 e. The summed E-state index contributed by atoms with van der Waals surface area (Å²) in [6, 6.07) is -1.30. The molecule has 2 aliphatic heterocycles. The van der Waals surface area contributed by atoms with Crippen LogP contribution in [0.2, 0.25) is 0 Å². The van der Waals surface area contributed by atoms with Gasteiger partial charge in [0.2, 0.25) is 5.91 Å². The maximum Gasteiger partial charge on any atom is 0.417 e. The van der Waals surface area contributed by atoms with E-state index in [9.17, 15) is 53.4 Å². The van der Waals surface area contributed by atoms with E-state index < -0.39 is 105 Å². The lowest BCUT2D eigenvalue weighted by molar-refractivity contribution is -0.358. The van der Waals surface area contributed by atoms with E-state index in [-0.39, 0.29) is 18.8 Å². The van der Waals surface area contributed by atoms with Crippen molar-refractivity contribution in [1.82, 2.24) is 5.32 Å². The Balaban J connectivity index is 1.84. The monoisotopic (exact) mass is 703 g/mol. The minimum atomic E-state index is -5.08. The summed E-state index contributed by atoms with van der Waals surface area (Å²) >= 11 is 0. The molecule has 280 valence electrons. The van der Waals surface area contributed by atoms with Gasteiger partial charge in [-0.15, -0.1) is 0 Å². The Bertz CT molecular complexity index is 988.